The molecule has 3 nitrogen and oxygen atoms in total. The molecule has 0 fully saturated rings. The fourth-order valence-corrected chi connectivity index (χ4v) is 1.75. The Morgan fingerprint density at radius 3 is 3.00 bits per heavy atom. The fourth-order valence-electron chi connectivity index (χ4n) is 1.75. The number of nitrogens with one attached hydrogen (secondary N) is 1. The fraction of sp³-hybridized carbons (Fsp3) is 0.200. The number of hydrogen-bond donors (Lipinski definition) is 1. The summed E-state index contributed by atoms with van der Waals surface area (Å²) in [6.07, 6.45) is 2.36. The van der Waals surface area contributed by atoms with Crippen molar-refractivity contribution in [2.75, 3.05) is 6.54 Å². The molecule has 1 amide bonds. The van der Waals surface area contributed by atoms with E-state index >= 15 is 0 Å². The van der Waals surface area contributed by atoms with Crippen molar-refractivity contribution < 1.29 is 4.79 Å². The highest BCUT2D eigenvalue weighted by Crippen LogP contribution is 2.15. The van der Waals surface area contributed by atoms with Crippen molar-refractivity contribution in [2.24, 2.45) is 0 Å². The Bertz CT molecular complexity index is 618. The number of nitrogens with zero attached hydrogens (tertiary/aromatic N) is 1. The van der Waals surface area contributed by atoms with Crippen LogP contribution in [0.25, 0.3) is 10.9 Å². The lowest BCUT2D eigenvalue weighted by Crippen LogP contribution is -2.24. The van der Waals surface area contributed by atoms with Crippen LogP contribution in [0.5, 0.6) is 0 Å². The van der Waals surface area contributed by atoms with Gasteiger partial charge in [0.15, 0.2) is 0 Å². The maximum absolute atomic E-state index is 12.0. The van der Waals surface area contributed by atoms with Gasteiger partial charge in [-0.1, -0.05) is 18.2 Å². The Balaban J connectivity index is 2.19. The van der Waals surface area contributed by atoms with Gasteiger partial charge in [0.25, 0.3) is 5.91 Å². The molecule has 1 N–H and O–H groups in total. The van der Waals surface area contributed by atoms with Crippen molar-refractivity contribution in [2.45, 2.75) is 13.3 Å². The summed E-state index contributed by atoms with van der Waals surface area (Å²) in [4.78, 5) is 16.3. The van der Waals surface area contributed by atoms with E-state index in [1.54, 1.807) is 19.2 Å². The zero-order valence-electron chi connectivity index (χ0n) is 10.2. The van der Waals surface area contributed by atoms with Crippen LogP contribution in [0.4, 0.5) is 0 Å². The molecular weight excluding hydrogens is 224 g/mol. The van der Waals surface area contributed by atoms with Crippen LogP contribution >= 0.6 is 0 Å². The third-order valence-corrected chi connectivity index (χ3v) is 2.59. The smallest absolute Gasteiger partial charge is 0.253 e. The molecule has 0 spiro atoms. The van der Waals surface area contributed by atoms with E-state index in [1.165, 1.54) is 0 Å². The van der Waals surface area contributed by atoms with Crippen LogP contribution in [0.3, 0.4) is 0 Å². The van der Waals surface area contributed by atoms with E-state index in [4.69, 9.17) is 0 Å². The summed E-state index contributed by atoms with van der Waals surface area (Å²) in [6, 6.07) is 9.41. The highest BCUT2D eigenvalue weighted by molar-refractivity contribution is 6.05. The van der Waals surface area contributed by atoms with Crippen molar-refractivity contribution in [1.82, 2.24) is 10.3 Å². The monoisotopic (exact) mass is 238 g/mol. The first-order valence-corrected chi connectivity index (χ1v) is 5.84. The van der Waals surface area contributed by atoms with Crippen molar-refractivity contribution in [3.63, 3.8) is 0 Å². The van der Waals surface area contributed by atoms with E-state index in [0.29, 0.717) is 18.5 Å². The van der Waals surface area contributed by atoms with Gasteiger partial charge in [0.1, 0.15) is 0 Å². The minimum absolute atomic E-state index is 0.0998. The number of pyridine rings is 1. The molecule has 3 heteroatoms. The molecule has 0 aliphatic heterocycles. The van der Waals surface area contributed by atoms with E-state index in [1.807, 2.05) is 24.3 Å². The van der Waals surface area contributed by atoms with Gasteiger partial charge in [-0.2, -0.15) is 0 Å². The molecule has 2 aromatic rings. The SMILES string of the molecule is CC#CCCNC(=O)c1cccc2cccnc12. The molecule has 0 unspecified atom stereocenters. The number of fused-ring (bicyclic) bond motifs is 1. The standard InChI is InChI=1S/C15H14N2O/c1-2-3-4-10-17-15(18)13-9-5-7-12-8-6-11-16-14(12)13/h5-9,11H,4,10H2,1H3,(H,17,18). The summed E-state index contributed by atoms with van der Waals surface area (Å²) in [5.74, 6) is 5.61. The minimum atomic E-state index is -0.0998. The molecule has 1 heterocycles. The van der Waals surface area contributed by atoms with Crippen LogP contribution < -0.4 is 5.32 Å². The third kappa shape index (κ3) is 2.67. The molecule has 18 heavy (non-hydrogen) atoms. The Morgan fingerprint density at radius 2 is 2.17 bits per heavy atom. The Morgan fingerprint density at radius 1 is 1.33 bits per heavy atom. The zero-order valence-corrected chi connectivity index (χ0v) is 10.2. The second-order valence-corrected chi connectivity index (χ2v) is 3.81. The number of para-hydroxylation sites is 1. The summed E-state index contributed by atoms with van der Waals surface area (Å²) in [6.45, 7) is 2.35. The summed E-state index contributed by atoms with van der Waals surface area (Å²) < 4.78 is 0. The average molecular weight is 238 g/mol. The first kappa shape index (κ1) is 12.1. The van der Waals surface area contributed by atoms with Gasteiger partial charge in [-0.3, -0.25) is 9.78 Å². The maximum Gasteiger partial charge on any atom is 0.253 e. The van der Waals surface area contributed by atoms with E-state index < -0.39 is 0 Å². The zero-order chi connectivity index (χ0) is 12.8. The normalized spacial score (nSPS) is 9.61. The first-order chi connectivity index (χ1) is 8.83. The Kier molecular flexibility index (Phi) is 3.93. The van der Waals surface area contributed by atoms with E-state index in [2.05, 4.69) is 22.1 Å². The summed E-state index contributed by atoms with van der Waals surface area (Å²) in [5.41, 5.74) is 1.34. The van der Waals surface area contributed by atoms with Crippen molar-refractivity contribution in [1.29, 1.82) is 0 Å². The molecule has 0 bridgehead atoms. The van der Waals surface area contributed by atoms with Crippen molar-refractivity contribution in [3.05, 3.63) is 42.1 Å². The van der Waals surface area contributed by atoms with Crippen molar-refractivity contribution in [3.8, 4) is 11.8 Å². The lowest BCUT2D eigenvalue weighted by Gasteiger charge is -2.05. The van der Waals surface area contributed by atoms with Gasteiger partial charge in [-0.25, -0.2) is 0 Å². The molecular formula is C15H14N2O. The predicted molar refractivity (Wildman–Crippen MR) is 72.1 cm³/mol. The highest BCUT2D eigenvalue weighted by atomic mass is 16.1. The molecule has 0 aliphatic rings. The number of carbonyl (C=O) groups is 1. The lowest BCUT2D eigenvalue weighted by atomic mass is 10.1. The summed E-state index contributed by atoms with van der Waals surface area (Å²) in [5, 5.41) is 3.82. The lowest BCUT2D eigenvalue weighted by molar-refractivity contribution is 0.0956. The largest absolute Gasteiger partial charge is 0.351 e. The molecule has 0 atom stereocenters. The van der Waals surface area contributed by atoms with E-state index in [-0.39, 0.29) is 5.91 Å². The number of hydrogen-bond acceptors (Lipinski definition) is 2. The van der Waals surface area contributed by atoms with Crippen molar-refractivity contribution >= 4 is 16.8 Å². The number of aromatic nitrogens is 1. The Hall–Kier alpha value is -2.34. The molecule has 0 saturated carbocycles. The van der Waals surface area contributed by atoms with Crippen LogP contribution in [0.2, 0.25) is 0 Å². The van der Waals surface area contributed by atoms with Crippen LogP contribution in [0.15, 0.2) is 36.5 Å². The third-order valence-electron chi connectivity index (χ3n) is 2.59. The van der Waals surface area contributed by atoms with E-state index in [0.717, 1.165) is 10.9 Å². The van der Waals surface area contributed by atoms with Gasteiger partial charge < -0.3 is 5.32 Å². The van der Waals surface area contributed by atoms with Crippen LogP contribution in [-0.4, -0.2) is 17.4 Å². The van der Waals surface area contributed by atoms with Crippen LogP contribution in [0.1, 0.15) is 23.7 Å². The van der Waals surface area contributed by atoms with Gasteiger partial charge in [0.05, 0.1) is 11.1 Å². The number of benzene rings is 1. The van der Waals surface area contributed by atoms with Crippen LogP contribution in [-0.2, 0) is 0 Å². The molecule has 0 radical (unpaired) electrons. The molecule has 0 saturated heterocycles. The van der Waals surface area contributed by atoms with Gasteiger partial charge >= 0.3 is 0 Å². The summed E-state index contributed by atoms with van der Waals surface area (Å²) in [7, 11) is 0. The molecule has 0 aliphatic carbocycles. The molecule has 1 aromatic heterocycles. The van der Waals surface area contributed by atoms with Gasteiger partial charge in [-0.15, -0.1) is 11.8 Å². The predicted octanol–water partition coefficient (Wildman–Crippen LogP) is 2.38. The number of carbonyl (C=O) groups excluding carboxylic acids is 1. The van der Waals surface area contributed by atoms with Crippen LogP contribution in [0, 0.1) is 11.8 Å². The molecule has 90 valence electrons. The first-order valence-electron chi connectivity index (χ1n) is 5.84. The average Bonchev–Trinajstić information content (AvgIpc) is 2.43. The molecule has 2 rings (SSSR count). The Labute approximate surface area is 106 Å². The second kappa shape index (κ2) is 5.83. The van der Waals surface area contributed by atoms with Gasteiger partial charge in [0, 0.05) is 24.5 Å². The minimum Gasteiger partial charge on any atom is -0.351 e. The maximum atomic E-state index is 12.0. The number of rotatable bonds is 3. The topological polar surface area (TPSA) is 42.0 Å². The highest BCUT2D eigenvalue weighted by Gasteiger charge is 2.09. The second-order valence-electron chi connectivity index (χ2n) is 3.81. The van der Waals surface area contributed by atoms with E-state index in [9.17, 15) is 4.79 Å². The summed E-state index contributed by atoms with van der Waals surface area (Å²) >= 11 is 0. The van der Waals surface area contributed by atoms with Gasteiger partial charge in [-0.05, 0) is 19.1 Å². The van der Waals surface area contributed by atoms with Gasteiger partial charge in [0.2, 0.25) is 0 Å². The quantitative estimate of drug-likeness (QED) is 0.659. The number of amides is 1. The molecule has 1 aromatic carbocycles.